The maximum atomic E-state index is 12.7. The standard InChI is InChI=1S/C18H34FN/c1-2-3-4-5-12-18(20)13-7-6-9-16-10-8-11-17(14-16)15-19/h6-7,16-18H,2-5,8-15,20H2,1H3/b7-6+. The van der Waals surface area contributed by atoms with Crippen molar-refractivity contribution in [2.45, 2.75) is 83.6 Å². The lowest BCUT2D eigenvalue weighted by atomic mass is 9.80. The Bertz CT molecular complexity index is 252. The monoisotopic (exact) mass is 283 g/mol. The minimum atomic E-state index is -0.122. The maximum Gasteiger partial charge on any atom is 0.0922 e. The van der Waals surface area contributed by atoms with E-state index in [0.29, 0.717) is 17.9 Å². The van der Waals surface area contributed by atoms with E-state index in [1.807, 2.05) is 0 Å². The number of hydrogen-bond acceptors (Lipinski definition) is 1. The zero-order chi connectivity index (χ0) is 14.6. The van der Waals surface area contributed by atoms with Crippen molar-refractivity contribution in [1.82, 2.24) is 0 Å². The van der Waals surface area contributed by atoms with Gasteiger partial charge in [0.05, 0.1) is 6.67 Å². The summed E-state index contributed by atoms with van der Waals surface area (Å²) in [7, 11) is 0. The van der Waals surface area contributed by atoms with Crippen LogP contribution in [0.2, 0.25) is 0 Å². The molecule has 0 heterocycles. The van der Waals surface area contributed by atoms with Gasteiger partial charge in [0.1, 0.15) is 0 Å². The van der Waals surface area contributed by atoms with Gasteiger partial charge in [-0.1, -0.05) is 57.6 Å². The molecule has 1 nitrogen and oxygen atoms in total. The normalized spacial score (nSPS) is 25.1. The average Bonchev–Trinajstić information content (AvgIpc) is 2.48. The molecule has 0 aromatic rings. The fourth-order valence-corrected chi connectivity index (χ4v) is 3.27. The Morgan fingerprint density at radius 3 is 2.70 bits per heavy atom. The summed E-state index contributed by atoms with van der Waals surface area (Å²) < 4.78 is 12.7. The molecule has 1 saturated carbocycles. The van der Waals surface area contributed by atoms with Gasteiger partial charge >= 0.3 is 0 Å². The predicted molar refractivity (Wildman–Crippen MR) is 86.5 cm³/mol. The molecule has 0 spiro atoms. The maximum absolute atomic E-state index is 12.7. The van der Waals surface area contributed by atoms with E-state index >= 15 is 0 Å². The van der Waals surface area contributed by atoms with E-state index in [1.165, 1.54) is 38.5 Å². The highest BCUT2D eigenvalue weighted by Crippen LogP contribution is 2.31. The number of hydrogen-bond donors (Lipinski definition) is 1. The van der Waals surface area contributed by atoms with Crippen LogP contribution < -0.4 is 5.73 Å². The van der Waals surface area contributed by atoms with Gasteiger partial charge in [-0.3, -0.25) is 4.39 Å². The van der Waals surface area contributed by atoms with Crippen LogP contribution in [-0.2, 0) is 0 Å². The van der Waals surface area contributed by atoms with Crippen LogP contribution in [0, 0.1) is 11.8 Å². The second-order valence-corrected chi connectivity index (χ2v) is 6.61. The summed E-state index contributed by atoms with van der Waals surface area (Å²) in [6.07, 6.45) is 17.7. The highest BCUT2D eigenvalue weighted by molar-refractivity contribution is 4.88. The van der Waals surface area contributed by atoms with Gasteiger partial charge in [-0.25, -0.2) is 0 Å². The first kappa shape index (κ1) is 17.7. The first-order valence-electron chi connectivity index (χ1n) is 8.72. The first-order chi connectivity index (χ1) is 9.76. The van der Waals surface area contributed by atoms with Crippen LogP contribution in [0.5, 0.6) is 0 Å². The predicted octanol–water partition coefficient (Wildman–Crippen LogP) is 5.40. The lowest BCUT2D eigenvalue weighted by Gasteiger charge is -2.26. The minimum Gasteiger partial charge on any atom is -0.327 e. The Morgan fingerprint density at radius 1 is 1.15 bits per heavy atom. The molecule has 0 aliphatic heterocycles. The molecular weight excluding hydrogens is 249 g/mol. The van der Waals surface area contributed by atoms with Gasteiger partial charge in [0.25, 0.3) is 0 Å². The van der Waals surface area contributed by atoms with Gasteiger partial charge in [-0.05, 0) is 43.9 Å². The average molecular weight is 283 g/mol. The first-order valence-corrected chi connectivity index (χ1v) is 8.72. The lowest BCUT2D eigenvalue weighted by Crippen LogP contribution is -2.18. The van der Waals surface area contributed by atoms with Crippen LogP contribution in [0.3, 0.4) is 0 Å². The van der Waals surface area contributed by atoms with Crippen molar-refractivity contribution in [3.63, 3.8) is 0 Å². The van der Waals surface area contributed by atoms with Crippen LogP contribution in [0.25, 0.3) is 0 Å². The van der Waals surface area contributed by atoms with Crippen LogP contribution in [0.1, 0.15) is 77.6 Å². The molecule has 0 saturated heterocycles. The van der Waals surface area contributed by atoms with Crippen molar-refractivity contribution in [3.05, 3.63) is 12.2 Å². The highest BCUT2D eigenvalue weighted by Gasteiger charge is 2.20. The van der Waals surface area contributed by atoms with Crippen LogP contribution in [-0.4, -0.2) is 12.7 Å². The summed E-state index contributed by atoms with van der Waals surface area (Å²) in [5.74, 6) is 1.05. The van der Waals surface area contributed by atoms with E-state index in [2.05, 4.69) is 19.1 Å². The molecule has 20 heavy (non-hydrogen) atoms. The van der Waals surface area contributed by atoms with Gasteiger partial charge in [-0.2, -0.15) is 0 Å². The Labute approximate surface area is 125 Å². The van der Waals surface area contributed by atoms with Gasteiger partial charge < -0.3 is 5.73 Å². The molecule has 0 radical (unpaired) electrons. The molecule has 2 heteroatoms. The molecule has 1 aliphatic carbocycles. The van der Waals surface area contributed by atoms with E-state index < -0.39 is 0 Å². The van der Waals surface area contributed by atoms with Crippen molar-refractivity contribution in [2.75, 3.05) is 6.67 Å². The molecule has 0 bridgehead atoms. The largest absolute Gasteiger partial charge is 0.327 e. The molecule has 0 aromatic heterocycles. The van der Waals surface area contributed by atoms with E-state index in [1.54, 1.807) is 0 Å². The quantitative estimate of drug-likeness (QED) is 0.422. The van der Waals surface area contributed by atoms with Gasteiger partial charge in [-0.15, -0.1) is 0 Å². The second kappa shape index (κ2) is 11.3. The molecule has 118 valence electrons. The zero-order valence-electron chi connectivity index (χ0n) is 13.3. The molecule has 0 aromatic carbocycles. The van der Waals surface area contributed by atoms with Crippen molar-refractivity contribution < 1.29 is 4.39 Å². The second-order valence-electron chi connectivity index (χ2n) is 6.61. The number of unbranched alkanes of at least 4 members (excludes halogenated alkanes) is 3. The van der Waals surface area contributed by atoms with Crippen LogP contribution in [0.4, 0.5) is 4.39 Å². The third kappa shape index (κ3) is 8.04. The molecule has 0 amide bonds. The summed E-state index contributed by atoms with van der Waals surface area (Å²) in [6.45, 7) is 2.12. The summed E-state index contributed by atoms with van der Waals surface area (Å²) in [5.41, 5.74) is 6.12. The van der Waals surface area contributed by atoms with Crippen molar-refractivity contribution >= 4 is 0 Å². The zero-order valence-corrected chi connectivity index (χ0v) is 13.3. The summed E-state index contributed by atoms with van der Waals surface area (Å²) >= 11 is 0. The Balaban J connectivity index is 2.05. The van der Waals surface area contributed by atoms with E-state index in [9.17, 15) is 4.39 Å². The van der Waals surface area contributed by atoms with Gasteiger partial charge in [0.2, 0.25) is 0 Å². The smallest absolute Gasteiger partial charge is 0.0922 e. The summed E-state index contributed by atoms with van der Waals surface area (Å²) in [4.78, 5) is 0. The number of alkyl halides is 1. The van der Waals surface area contributed by atoms with Crippen molar-refractivity contribution in [2.24, 2.45) is 17.6 Å². The summed E-state index contributed by atoms with van der Waals surface area (Å²) in [5, 5.41) is 0. The molecule has 1 rings (SSSR count). The fraction of sp³-hybridized carbons (Fsp3) is 0.889. The molecular formula is C18H34FN. The van der Waals surface area contributed by atoms with Crippen molar-refractivity contribution in [3.8, 4) is 0 Å². The number of nitrogens with two attached hydrogens (primary N) is 1. The third-order valence-electron chi connectivity index (χ3n) is 4.61. The molecule has 1 fully saturated rings. The molecule has 3 unspecified atom stereocenters. The fourth-order valence-electron chi connectivity index (χ4n) is 3.27. The summed E-state index contributed by atoms with van der Waals surface area (Å²) in [6, 6.07) is 0.327. The molecule has 1 aliphatic rings. The number of halogens is 1. The Kier molecular flexibility index (Phi) is 10.00. The topological polar surface area (TPSA) is 26.0 Å². The van der Waals surface area contributed by atoms with E-state index in [4.69, 9.17) is 5.73 Å². The van der Waals surface area contributed by atoms with Crippen molar-refractivity contribution in [1.29, 1.82) is 0 Å². The number of allylic oxidation sites excluding steroid dienone is 1. The number of rotatable bonds is 10. The van der Waals surface area contributed by atoms with Crippen LogP contribution >= 0.6 is 0 Å². The van der Waals surface area contributed by atoms with Gasteiger partial charge in [0.15, 0.2) is 0 Å². The third-order valence-corrected chi connectivity index (χ3v) is 4.61. The minimum absolute atomic E-state index is 0.122. The molecule has 3 atom stereocenters. The van der Waals surface area contributed by atoms with E-state index in [0.717, 1.165) is 32.1 Å². The Hall–Kier alpha value is -0.370. The highest BCUT2D eigenvalue weighted by atomic mass is 19.1. The SMILES string of the molecule is CCCCCCC(N)C/C=C/CC1CCCC(CF)C1. The van der Waals surface area contributed by atoms with Gasteiger partial charge in [0, 0.05) is 6.04 Å². The molecule has 2 N–H and O–H groups in total. The lowest BCUT2D eigenvalue weighted by molar-refractivity contribution is 0.224. The Morgan fingerprint density at radius 2 is 1.95 bits per heavy atom. The van der Waals surface area contributed by atoms with E-state index in [-0.39, 0.29) is 6.67 Å². The van der Waals surface area contributed by atoms with Crippen LogP contribution in [0.15, 0.2) is 12.2 Å².